The predicted octanol–water partition coefficient (Wildman–Crippen LogP) is 10.8. The summed E-state index contributed by atoms with van der Waals surface area (Å²) < 4.78 is 13.2. The van der Waals surface area contributed by atoms with Crippen LogP contribution in [-0.2, 0) is 32.7 Å². The molecule has 11 heteroatoms. The van der Waals surface area contributed by atoms with Crippen LogP contribution in [-0.4, -0.2) is 0 Å². The standard InChI is InChI=1S/C14H2Br9O.Y/c1-2-3-4(15)9(20)13(10(21)5(3)16)24-14-11(22)7(18)6(17)8(19)12(14)23;/h1-2H;/q-1;. The van der Waals surface area contributed by atoms with Crippen LogP contribution in [0.15, 0.2) is 40.3 Å². The number of hydrogen-bond donors (Lipinski definition) is 0. The molecule has 0 aliphatic rings. The van der Waals surface area contributed by atoms with Gasteiger partial charge in [0.05, 0.1) is 26.8 Å². The maximum absolute atomic E-state index is 6.20. The molecule has 0 aliphatic carbocycles. The molecule has 0 spiro atoms. The Balaban J connectivity index is 0.00000312. The largest absolute Gasteiger partial charge is 0.453 e. The molecule has 0 saturated carbocycles. The van der Waals surface area contributed by atoms with Crippen LogP contribution in [0.4, 0.5) is 0 Å². The van der Waals surface area contributed by atoms with Crippen LogP contribution in [0, 0.1) is 6.58 Å². The van der Waals surface area contributed by atoms with Gasteiger partial charge in [-0.3, -0.25) is 6.58 Å². The molecule has 25 heavy (non-hydrogen) atoms. The van der Waals surface area contributed by atoms with Gasteiger partial charge in [-0.05, 0) is 120 Å². The molecule has 1 nitrogen and oxygen atoms in total. The van der Waals surface area contributed by atoms with E-state index in [-0.39, 0.29) is 32.7 Å². The zero-order chi connectivity index (χ0) is 18.3. The van der Waals surface area contributed by atoms with Gasteiger partial charge in [0.2, 0.25) is 0 Å². The van der Waals surface area contributed by atoms with E-state index >= 15 is 0 Å². The molecule has 0 amide bonds. The second-order valence-corrected chi connectivity index (χ2v) is 11.3. The average molecular weight is 994 g/mol. The summed E-state index contributed by atoms with van der Waals surface area (Å²) in [6.45, 7) is 5.70. The fraction of sp³-hybridized carbons (Fsp3) is 0. The number of ether oxygens (including phenoxy) is 1. The van der Waals surface area contributed by atoms with Crippen molar-refractivity contribution in [2.45, 2.75) is 0 Å². The normalized spacial score (nSPS) is 10.4. The molecule has 0 fully saturated rings. The smallest absolute Gasteiger partial charge is 0.158 e. The Labute approximate surface area is 246 Å². The summed E-state index contributed by atoms with van der Waals surface area (Å²) in [5, 5.41) is 0. The van der Waals surface area contributed by atoms with Gasteiger partial charge < -0.3 is 4.74 Å². The van der Waals surface area contributed by atoms with Gasteiger partial charge >= 0.3 is 0 Å². The van der Waals surface area contributed by atoms with Gasteiger partial charge in [-0.1, -0.05) is 31.9 Å². The van der Waals surface area contributed by atoms with Crippen molar-refractivity contribution in [1.82, 2.24) is 0 Å². The summed E-state index contributed by atoms with van der Waals surface area (Å²) >= 11 is 31.8. The molecule has 0 bridgehead atoms. The minimum absolute atomic E-state index is 0. The maximum Gasteiger partial charge on any atom is 0.158 e. The fourth-order valence-electron chi connectivity index (χ4n) is 1.64. The number of rotatable bonds is 3. The molecular weight excluding hydrogens is 992 g/mol. The topological polar surface area (TPSA) is 9.23 Å². The Morgan fingerprint density at radius 2 is 0.800 bits per heavy atom. The second kappa shape index (κ2) is 11.1. The first kappa shape index (κ1) is 26.4. The van der Waals surface area contributed by atoms with Gasteiger partial charge in [0.15, 0.2) is 11.5 Å². The van der Waals surface area contributed by atoms with Crippen LogP contribution >= 0.6 is 143 Å². The summed E-state index contributed by atoms with van der Waals surface area (Å²) in [6, 6.07) is 0. The van der Waals surface area contributed by atoms with Crippen LogP contribution in [0.3, 0.4) is 0 Å². The Kier molecular flexibility index (Phi) is 11.8. The van der Waals surface area contributed by atoms with Gasteiger partial charge in [0.25, 0.3) is 0 Å². The van der Waals surface area contributed by atoms with Crippen molar-refractivity contribution in [3.8, 4) is 11.5 Å². The molecular formula is C14H2Br9OY-. The first-order chi connectivity index (χ1) is 11.1. The van der Waals surface area contributed by atoms with Gasteiger partial charge in [-0.2, -0.15) is 0 Å². The van der Waals surface area contributed by atoms with Gasteiger partial charge in [-0.25, -0.2) is 6.08 Å². The Morgan fingerprint density at radius 1 is 0.520 bits per heavy atom. The molecule has 2 aromatic carbocycles. The molecule has 0 atom stereocenters. The third-order valence-electron chi connectivity index (χ3n) is 2.80. The monoisotopic (exact) mass is 985 g/mol. The SMILES string of the molecule is [CH-]=Cc1c(Br)c(Br)c(Oc2c(Br)c(Br)c(Br)c(Br)c2Br)c(Br)c1Br.[Y]. The summed E-state index contributed by atoms with van der Waals surface area (Å²) in [6.07, 6.45) is 1.51. The summed E-state index contributed by atoms with van der Waals surface area (Å²) in [5.41, 5.74) is 0.803. The zero-order valence-electron chi connectivity index (χ0n) is 11.5. The Bertz CT molecular complexity index is 808. The van der Waals surface area contributed by atoms with Crippen LogP contribution in [0.25, 0.3) is 6.08 Å². The molecule has 2 aromatic rings. The van der Waals surface area contributed by atoms with Gasteiger partial charge in [0.1, 0.15) is 0 Å². The molecule has 0 saturated heterocycles. The van der Waals surface area contributed by atoms with Crippen molar-refractivity contribution in [1.29, 1.82) is 0 Å². The zero-order valence-corrected chi connectivity index (χ0v) is 28.7. The van der Waals surface area contributed by atoms with E-state index in [4.69, 9.17) is 11.3 Å². The van der Waals surface area contributed by atoms with Crippen molar-refractivity contribution in [2.24, 2.45) is 0 Å². The van der Waals surface area contributed by atoms with Gasteiger partial charge in [0, 0.05) is 37.2 Å². The van der Waals surface area contributed by atoms with E-state index in [0.29, 0.717) is 11.5 Å². The minimum atomic E-state index is 0. The summed E-state index contributed by atoms with van der Waals surface area (Å²) in [5.74, 6) is 1.18. The van der Waals surface area contributed by atoms with E-state index in [1.165, 1.54) is 6.08 Å². The van der Waals surface area contributed by atoms with Crippen LogP contribution in [0.5, 0.6) is 11.5 Å². The molecule has 0 aromatic heterocycles. The molecule has 131 valence electrons. The van der Waals surface area contributed by atoms with Gasteiger partial charge in [-0.15, -0.1) is 5.56 Å². The minimum Gasteiger partial charge on any atom is -0.453 e. The van der Waals surface area contributed by atoms with E-state index in [1.54, 1.807) is 0 Å². The van der Waals surface area contributed by atoms with Crippen LogP contribution in [0.1, 0.15) is 5.56 Å². The van der Waals surface area contributed by atoms with Crippen molar-refractivity contribution >= 4 is 149 Å². The van der Waals surface area contributed by atoms with E-state index in [2.05, 4.69) is 143 Å². The van der Waals surface area contributed by atoms with Crippen molar-refractivity contribution < 1.29 is 37.4 Å². The Hall–Kier alpha value is 3.40. The maximum atomic E-state index is 6.20. The first-order valence-corrected chi connectivity index (χ1v) is 12.9. The van der Waals surface area contributed by atoms with Crippen LogP contribution < -0.4 is 4.74 Å². The number of benzene rings is 2. The van der Waals surface area contributed by atoms with E-state index in [9.17, 15) is 0 Å². The van der Waals surface area contributed by atoms with Crippen molar-refractivity contribution in [3.05, 3.63) is 52.4 Å². The van der Waals surface area contributed by atoms with Crippen LogP contribution in [0.2, 0.25) is 0 Å². The van der Waals surface area contributed by atoms with E-state index < -0.39 is 0 Å². The molecule has 2 rings (SSSR count). The third kappa shape index (κ3) is 5.37. The number of halogens is 9. The molecule has 0 unspecified atom stereocenters. The number of hydrogen-bond acceptors (Lipinski definition) is 1. The Morgan fingerprint density at radius 3 is 1.12 bits per heavy atom. The molecule has 0 N–H and O–H groups in total. The molecule has 1 radical (unpaired) electrons. The third-order valence-corrected chi connectivity index (χ3v) is 13.0. The fourth-order valence-corrected chi connectivity index (χ4v) is 7.35. The second-order valence-electron chi connectivity index (χ2n) is 4.17. The van der Waals surface area contributed by atoms with E-state index in [1.807, 2.05) is 0 Å². The van der Waals surface area contributed by atoms with E-state index in [0.717, 1.165) is 45.8 Å². The predicted molar refractivity (Wildman–Crippen MR) is 131 cm³/mol. The summed E-state index contributed by atoms with van der Waals surface area (Å²) in [7, 11) is 0. The first-order valence-electron chi connectivity index (χ1n) is 5.73. The summed E-state index contributed by atoms with van der Waals surface area (Å²) in [4.78, 5) is 0. The van der Waals surface area contributed by atoms with Crippen molar-refractivity contribution in [3.63, 3.8) is 0 Å². The quantitative estimate of drug-likeness (QED) is 0.169. The molecule has 0 heterocycles. The molecule has 0 aliphatic heterocycles. The average Bonchev–Trinajstić information content (AvgIpc) is 2.56. The van der Waals surface area contributed by atoms with Crippen molar-refractivity contribution in [2.75, 3.05) is 0 Å².